The molecule has 1 heterocycles. The summed E-state index contributed by atoms with van der Waals surface area (Å²) in [6.45, 7) is 0.0110. The van der Waals surface area contributed by atoms with Crippen molar-refractivity contribution in [1.29, 1.82) is 0 Å². The second-order valence-electron chi connectivity index (χ2n) is 6.79. The molecule has 0 N–H and O–H groups in total. The van der Waals surface area contributed by atoms with Crippen molar-refractivity contribution in [1.82, 2.24) is 10.1 Å². The predicted molar refractivity (Wildman–Crippen MR) is 88.1 cm³/mol. The van der Waals surface area contributed by atoms with Crippen molar-refractivity contribution in [2.45, 2.75) is 38.7 Å². The van der Waals surface area contributed by atoms with E-state index in [4.69, 9.17) is 20.9 Å². The quantitative estimate of drug-likeness (QED) is 0.757. The molecule has 1 aromatic carbocycles. The topological polar surface area (TPSA) is 65.2 Å². The zero-order valence-corrected chi connectivity index (χ0v) is 14.0. The Morgan fingerprint density at radius 3 is 2.92 bits per heavy atom. The van der Waals surface area contributed by atoms with Crippen LogP contribution in [0.4, 0.5) is 0 Å². The first-order chi connectivity index (χ1) is 11.7. The minimum Gasteiger partial charge on any atom is -0.456 e. The number of ether oxygens (including phenoxy) is 1. The SMILES string of the molecule is O=C(C[C@@H]1C[C@H]2CC[C@@H]1C2)OCc1nc(-c2ccccc2Cl)no1. The van der Waals surface area contributed by atoms with Gasteiger partial charge in [-0.15, -0.1) is 0 Å². The summed E-state index contributed by atoms with van der Waals surface area (Å²) in [6.07, 6.45) is 5.59. The van der Waals surface area contributed by atoms with Crippen molar-refractivity contribution in [3.8, 4) is 11.4 Å². The average molecular weight is 347 g/mol. The van der Waals surface area contributed by atoms with Gasteiger partial charge >= 0.3 is 5.97 Å². The third kappa shape index (κ3) is 3.18. The van der Waals surface area contributed by atoms with E-state index in [0.717, 1.165) is 11.8 Å². The van der Waals surface area contributed by atoms with E-state index in [1.165, 1.54) is 25.7 Å². The molecule has 126 valence electrons. The molecule has 6 heteroatoms. The van der Waals surface area contributed by atoms with E-state index in [1.807, 2.05) is 18.2 Å². The standard InChI is InChI=1S/C18H19ClN2O3/c19-15-4-2-1-3-14(15)18-20-16(24-21-18)10-23-17(22)9-13-8-11-5-6-12(13)7-11/h1-4,11-13H,5-10H2/t11-,12+,13-/m0/s1. The van der Waals surface area contributed by atoms with Crippen LogP contribution < -0.4 is 0 Å². The summed E-state index contributed by atoms with van der Waals surface area (Å²) in [4.78, 5) is 16.3. The monoisotopic (exact) mass is 346 g/mol. The van der Waals surface area contributed by atoms with Gasteiger partial charge in [-0.1, -0.05) is 35.3 Å². The van der Waals surface area contributed by atoms with Crippen molar-refractivity contribution < 1.29 is 14.1 Å². The highest BCUT2D eigenvalue weighted by molar-refractivity contribution is 6.33. The highest BCUT2D eigenvalue weighted by atomic mass is 35.5. The van der Waals surface area contributed by atoms with Crippen LogP contribution in [-0.2, 0) is 16.1 Å². The number of aromatic nitrogens is 2. The van der Waals surface area contributed by atoms with E-state index in [9.17, 15) is 4.79 Å². The van der Waals surface area contributed by atoms with Crippen LogP contribution in [0.2, 0.25) is 5.02 Å². The molecule has 24 heavy (non-hydrogen) atoms. The van der Waals surface area contributed by atoms with Gasteiger partial charge in [-0.25, -0.2) is 0 Å². The molecule has 0 amide bonds. The molecule has 0 unspecified atom stereocenters. The maximum Gasteiger partial charge on any atom is 0.306 e. The van der Waals surface area contributed by atoms with E-state index in [-0.39, 0.29) is 18.5 Å². The second kappa shape index (κ2) is 6.55. The Kier molecular flexibility index (Phi) is 4.27. The van der Waals surface area contributed by atoms with Gasteiger partial charge in [0.2, 0.25) is 5.82 Å². The number of halogens is 1. The summed E-state index contributed by atoms with van der Waals surface area (Å²) in [6, 6.07) is 7.28. The van der Waals surface area contributed by atoms with Crippen LogP contribution >= 0.6 is 11.6 Å². The van der Waals surface area contributed by atoms with E-state index >= 15 is 0 Å². The predicted octanol–water partition coefficient (Wildman–Crippen LogP) is 4.26. The Labute approximate surface area is 145 Å². The van der Waals surface area contributed by atoms with Crippen LogP contribution in [0.5, 0.6) is 0 Å². The van der Waals surface area contributed by atoms with Crippen molar-refractivity contribution in [3.63, 3.8) is 0 Å². The normalized spacial score (nSPS) is 25.1. The average Bonchev–Trinajstić information content (AvgIpc) is 3.30. The van der Waals surface area contributed by atoms with Crippen molar-refractivity contribution in [2.24, 2.45) is 17.8 Å². The minimum atomic E-state index is -0.176. The Hall–Kier alpha value is -1.88. The van der Waals surface area contributed by atoms with E-state index in [0.29, 0.717) is 28.7 Å². The number of hydrogen-bond donors (Lipinski definition) is 0. The van der Waals surface area contributed by atoms with Crippen LogP contribution in [0.3, 0.4) is 0 Å². The molecule has 2 aliphatic carbocycles. The summed E-state index contributed by atoms with van der Waals surface area (Å²) < 4.78 is 10.5. The van der Waals surface area contributed by atoms with Crippen molar-refractivity contribution in [2.75, 3.05) is 0 Å². The van der Waals surface area contributed by atoms with Crippen molar-refractivity contribution in [3.05, 3.63) is 35.2 Å². The molecule has 5 nitrogen and oxygen atoms in total. The second-order valence-corrected chi connectivity index (χ2v) is 7.20. The van der Waals surface area contributed by atoms with Crippen molar-refractivity contribution >= 4 is 17.6 Å². The van der Waals surface area contributed by atoms with Gasteiger partial charge < -0.3 is 9.26 Å². The summed E-state index contributed by atoms with van der Waals surface area (Å²) in [5.74, 6) is 2.56. The highest BCUT2D eigenvalue weighted by Gasteiger charge is 2.40. The van der Waals surface area contributed by atoms with E-state index in [2.05, 4.69) is 10.1 Å². The Balaban J connectivity index is 1.32. The molecule has 2 fully saturated rings. The van der Waals surface area contributed by atoms with Gasteiger partial charge in [0, 0.05) is 12.0 Å². The molecule has 2 saturated carbocycles. The number of hydrogen-bond acceptors (Lipinski definition) is 5. The number of carbonyl (C=O) groups excluding carboxylic acids is 1. The summed E-state index contributed by atoms with van der Waals surface area (Å²) in [5, 5.41) is 4.45. The molecule has 2 bridgehead atoms. The number of carbonyl (C=O) groups is 1. The maximum atomic E-state index is 12.0. The first kappa shape index (κ1) is 15.6. The number of nitrogens with zero attached hydrogens (tertiary/aromatic N) is 2. The van der Waals surface area contributed by atoms with Gasteiger partial charge in [-0.05, 0) is 49.1 Å². The fourth-order valence-corrected chi connectivity index (χ4v) is 4.33. The maximum absolute atomic E-state index is 12.0. The number of benzene rings is 1. The lowest BCUT2D eigenvalue weighted by Gasteiger charge is -2.20. The molecular weight excluding hydrogens is 328 g/mol. The Morgan fingerprint density at radius 2 is 2.17 bits per heavy atom. The molecule has 3 atom stereocenters. The lowest BCUT2D eigenvalue weighted by atomic mass is 9.86. The molecule has 1 aromatic heterocycles. The Morgan fingerprint density at radius 1 is 1.29 bits per heavy atom. The highest BCUT2D eigenvalue weighted by Crippen LogP contribution is 2.49. The van der Waals surface area contributed by atoms with Gasteiger partial charge in [-0.2, -0.15) is 4.98 Å². The van der Waals surface area contributed by atoms with Crippen LogP contribution in [0.1, 0.15) is 38.0 Å². The zero-order chi connectivity index (χ0) is 16.5. The molecule has 0 spiro atoms. The third-order valence-corrected chi connectivity index (χ3v) is 5.58. The first-order valence-electron chi connectivity index (χ1n) is 8.42. The lowest BCUT2D eigenvalue weighted by Crippen LogP contribution is -2.17. The van der Waals surface area contributed by atoms with Gasteiger partial charge in [-0.3, -0.25) is 4.79 Å². The Bertz CT molecular complexity index is 745. The number of esters is 1. The molecule has 0 aliphatic heterocycles. The van der Waals surface area contributed by atoms with Gasteiger partial charge in [0.15, 0.2) is 6.61 Å². The fraction of sp³-hybridized carbons (Fsp3) is 0.500. The third-order valence-electron chi connectivity index (χ3n) is 5.25. The van der Waals surface area contributed by atoms with Crippen LogP contribution in [0.15, 0.2) is 28.8 Å². The largest absolute Gasteiger partial charge is 0.456 e. The summed E-state index contributed by atoms with van der Waals surface area (Å²) in [5.41, 5.74) is 0.697. The summed E-state index contributed by atoms with van der Waals surface area (Å²) >= 11 is 6.11. The zero-order valence-electron chi connectivity index (χ0n) is 13.3. The molecule has 2 aliphatic rings. The molecule has 4 rings (SSSR count). The van der Waals surface area contributed by atoms with E-state index < -0.39 is 0 Å². The van der Waals surface area contributed by atoms with E-state index in [1.54, 1.807) is 6.07 Å². The molecule has 0 saturated heterocycles. The number of fused-ring (bicyclic) bond motifs is 2. The molecule has 2 aromatic rings. The fourth-order valence-electron chi connectivity index (χ4n) is 4.11. The smallest absolute Gasteiger partial charge is 0.306 e. The number of rotatable bonds is 5. The van der Waals surface area contributed by atoms with Crippen LogP contribution in [0.25, 0.3) is 11.4 Å². The van der Waals surface area contributed by atoms with Gasteiger partial charge in [0.05, 0.1) is 5.02 Å². The molecular formula is C18H19ClN2O3. The van der Waals surface area contributed by atoms with Gasteiger partial charge in [0.1, 0.15) is 0 Å². The van der Waals surface area contributed by atoms with Gasteiger partial charge in [0.25, 0.3) is 5.89 Å². The summed E-state index contributed by atoms with van der Waals surface area (Å²) in [7, 11) is 0. The first-order valence-corrected chi connectivity index (χ1v) is 8.80. The molecule has 0 radical (unpaired) electrons. The van der Waals surface area contributed by atoms with Crippen LogP contribution in [-0.4, -0.2) is 16.1 Å². The lowest BCUT2D eigenvalue weighted by molar-refractivity contribution is -0.147. The van der Waals surface area contributed by atoms with Crippen LogP contribution in [0, 0.1) is 17.8 Å². The minimum absolute atomic E-state index is 0.0110.